The molecule has 0 bridgehead atoms. The van der Waals surface area contributed by atoms with E-state index in [0.717, 1.165) is 25.2 Å². The first kappa shape index (κ1) is 17.5. The average molecular weight is 296 g/mol. The summed E-state index contributed by atoms with van der Waals surface area (Å²) in [6.07, 6.45) is 5.65. The maximum atomic E-state index is 11.6. The Morgan fingerprint density at radius 2 is 2.14 bits per heavy atom. The first-order valence-electron chi connectivity index (χ1n) is 7.54. The fourth-order valence-electron chi connectivity index (χ4n) is 1.77. The number of urea groups is 1. The Kier molecular flexibility index (Phi) is 6.68. The Morgan fingerprint density at radius 3 is 2.71 bits per heavy atom. The van der Waals surface area contributed by atoms with Crippen LogP contribution in [0.25, 0.3) is 0 Å². The van der Waals surface area contributed by atoms with Gasteiger partial charge in [0.15, 0.2) is 0 Å². The molecule has 1 aromatic heterocycles. The predicted octanol–water partition coefficient (Wildman–Crippen LogP) is 1.68. The molecule has 1 unspecified atom stereocenters. The molecule has 1 aromatic rings. The second-order valence-corrected chi connectivity index (χ2v) is 6.00. The van der Waals surface area contributed by atoms with Gasteiger partial charge in [-0.3, -0.25) is 0 Å². The van der Waals surface area contributed by atoms with E-state index in [1.165, 1.54) is 0 Å². The van der Waals surface area contributed by atoms with Crippen molar-refractivity contribution in [3.8, 4) is 0 Å². The molecule has 21 heavy (non-hydrogen) atoms. The molecule has 1 rings (SSSR count). The van der Waals surface area contributed by atoms with E-state index in [1.807, 2.05) is 27.0 Å². The van der Waals surface area contributed by atoms with E-state index in [9.17, 15) is 9.90 Å². The van der Waals surface area contributed by atoms with E-state index in [4.69, 9.17) is 0 Å². The Balaban J connectivity index is 2.10. The molecule has 3 N–H and O–H groups in total. The third kappa shape index (κ3) is 6.16. The Morgan fingerprint density at radius 1 is 1.43 bits per heavy atom. The SMILES string of the molecule is Cc1nccn1CCCCNC(=O)NCC(C)(O)C(C)C. The minimum absolute atomic E-state index is 0.0937. The minimum atomic E-state index is -0.879. The number of imidazole rings is 1. The summed E-state index contributed by atoms with van der Waals surface area (Å²) in [5.41, 5.74) is -0.879. The van der Waals surface area contributed by atoms with E-state index >= 15 is 0 Å². The first-order valence-corrected chi connectivity index (χ1v) is 7.54. The van der Waals surface area contributed by atoms with Gasteiger partial charge >= 0.3 is 6.03 Å². The molecule has 0 fully saturated rings. The molecule has 0 saturated heterocycles. The predicted molar refractivity (Wildman–Crippen MR) is 83.1 cm³/mol. The van der Waals surface area contributed by atoms with E-state index in [0.29, 0.717) is 6.54 Å². The van der Waals surface area contributed by atoms with Crippen molar-refractivity contribution in [1.29, 1.82) is 0 Å². The van der Waals surface area contributed by atoms with Gasteiger partial charge in [-0.05, 0) is 32.6 Å². The normalized spacial score (nSPS) is 14.0. The summed E-state index contributed by atoms with van der Waals surface area (Å²) in [5, 5.41) is 15.5. The van der Waals surface area contributed by atoms with Crippen LogP contribution in [0.1, 0.15) is 39.4 Å². The van der Waals surface area contributed by atoms with Crippen LogP contribution in [0.2, 0.25) is 0 Å². The van der Waals surface area contributed by atoms with E-state index < -0.39 is 5.60 Å². The highest BCUT2D eigenvalue weighted by molar-refractivity contribution is 5.73. The molecular weight excluding hydrogens is 268 g/mol. The summed E-state index contributed by atoms with van der Waals surface area (Å²) >= 11 is 0. The number of nitrogens with zero attached hydrogens (tertiary/aromatic N) is 2. The summed E-state index contributed by atoms with van der Waals surface area (Å²) in [7, 11) is 0. The Hall–Kier alpha value is -1.56. The van der Waals surface area contributed by atoms with Gasteiger partial charge < -0.3 is 20.3 Å². The van der Waals surface area contributed by atoms with E-state index in [-0.39, 0.29) is 18.5 Å². The lowest BCUT2D eigenvalue weighted by molar-refractivity contribution is 0.0166. The quantitative estimate of drug-likeness (QED) is 0.639. The van der Waals surface area contributed by atoms with Gasteiger partial charge in [-0.15, -0.1) is 0 Å². The van der Waals surface area contributed by atoms with Gasteiger partial charge in [-0.1, -0.05) is 13.8 Å². The molecule has 1 atom stereocenters. The van der Waals surface area contributed by atoms with Crippen molar-refractivity contribution in [1.82, 2.24) is 20.2 Å². The first-order chi connectivity index (χ1) is 9.83. The summed E-state index contributed by atoms with van der Waals surface area (Å²) in [5.74, 6) is 1.10. The van der Waals surface area contributed by atoms with Gasteiger partial charge in [0.1, 0.15) is 5.82 Å². The molecule has 0 saturated carbocycles. The van der Waals surface area contributed by atoms with Crippen LogP contribution in [-0.4, -0.2) is 39.4 Å². The molecule has 6 nitrogen and oxygen atoms in total. The molecule has 6 heteroatoms. The number of aromatic nitrogens is 2. The van der Waals surface area contributed by atoms with E-state index in [2.05, 4.69) is 20.2 Å². The average Bonchev–Trinajstić information content (AvgIpc) is 2.81. The van der Waals surface area contributed by atoms with Crippen molar-refractivity contribution in [2.45, 2.75) is 52.7 Å². The van der Waals surface area contributed by atoms with Gasteiger partial charge in [0.05, 0.1) is 5.60 Å². The van der Waals surface area contributed by atoms with Crippen LogP contribution in [0, 0.1) is 12.8 Å². The number of amides is 2. The monoisotopic (exact) mass is 296 g/mol. The van der Waals surface area contributed by atoms with Crippen molar-refractivity contribution < 1.29 is 9.90 Å². The lowest BCUT2D eigenvalue weighted by atomic mass is 9.93. The molecule has 2 amide bonds. The van der Waals surface area contributed by atoms with Crippen molar-refractivity contribution in [2.75, 3.05) is 13.1 Å². The van der Waals surface area contributed by atoms with Crippen molar-refractivity contribution >= 4 is 6.03 Å². The van der Waals surface area contributed by atoms with Crippen LogP contribution in [0.3, 0.4) is 0 Å². The molecule has 120 valence electrons. The Bertz CT molecular complexity index is 441. The molecule has 1 heterocycles. The highest BCUT2D eigenvalue weighted by atomic mass is 16.3. The lowest BCUT2D eigenvalue weighted by Crippen LogP contribution is -2.47. The number of carbonyl (C=O) groups is 1. The molecule has 0 aliphatic rings. The molecule has 0 aromatic carbocycles. The number of hydrogen-bond acceptors (Lipinski definition) is 3. The fourth-order valence-corrected chi connectivity index (χ4v) is 1.77. The van der Waals surface area contributed by atoms with E-state index in [1.54, 1.807) is 13.1 Å². The zero-order chi connectivity index (χ0) is 15.9. The third-order valence-electron chi connectivity index (χ3n) is 3.89. The van der Waals surface area contributed by atoms with Gasteiger partial charge in [0.2, 0.25) is 0 Å². The zero-order valence-electron chi connectivity index (χ0n) is 13.5. The number of hydrogen-bond donors (Lipinski definition) is 3. The van der Waals surface area contributed by atoms with Crippen molar-refractivity contribution in [3.63, 3.8) is 0 Å². The number of rotatable bonds is 8. The molecular formula is C15H28N4O2. The summed E-state index contributed by atoms with van der Waals surface area (Å²) in [6.45, 7) is 9.36. The smallest absolute Gasteiger partial charge is 0.314 e. The standard InChI is InChI=1S/C15H28N4O2/c1-12(2)15(4,21)11-18-14(20)17-7-5-6-9-19-10-8-16-13(19)3/h8,10,12,21H,5-7,9,11H2,1-4H3,(H2,17,18,20). The summed E-state index contributed by atoms with van der Waals surface area (Å²) in [6, 6.07) is -0.227. The van der Waals surface area contributed by atoms with Crippen molar-refractivity contribution in [2.24, 2.45) is 5.92 Å². The third-order valence-corrected chi connectivity index (χ3v) is 3.89. The number of nitrogens with one attached hydrogen (secondary N) is 2. The maximum Gasteiger partial charge on any atom is 0.314 e. The van der Waals surface area contributed by atoms with Crippen LogP contribution >= 0.6 is 0 Å². The second kappa shape index (κ2) is 8.02. The highest BCUT2D eigenvalue weighted by Gasteiger charge is 2.25. The number of aryl methyl sites for hydroxylation is 2. The Labute approximate surface area is 127 Å². The highest BCUT2D eigenvalue weighted by Crippen LogP contribution is 2.14. The second-order valence-electron chi connectivity index (χ2n) is 6.00. The molecule has 0 radical (unpaired) electrons. The molecule has 0 aliphatic carbocycles. The minimum Gasteiger partial charge on any atom is -0.388 e. The molecule has 0 aliphatic heterocycles. The van der Waals surface area contributed by atoms with Crippen LogP contribution in [-0.2, 0) is 6.54 Å². The largest absolute Gasteiger partial charge is 0.388 e. The lowest BCUT2D eigenvalue weighted by Gasteiger charge is -2.27. The fraction of sp³-hybridized carbons (Fsp3) is 0.733. The summed E-state index contributed by atoms with van der Waals surface area (Å²) < 4.78 is 2.10. The van der Waals surface area contributed by atoms with Gasteiger partial charge in [-0.25, -0.2) is 9.78 Å². The van der Waals surface area contributed by atoms with Gasteiger partial charge in [0, 0.05) is 32.0 Å². The van der Waals surface area contributed by atoms with Gasteiger partial charge in [-0.2, -0.15) is 0 Å². The van der Waals surface area contributed by atoms with Crippen LogP contribution in [0.15, 0.2) is 12.4 Å². The van der Waals surface area contributed by atoms with Crippen LogP contribution in [0.4, 0.5) is 4.79 Å². The molecule has 0 spiro atoms. The van der Waals surface area contributed by atoms with Crippen LogP contribution < -0.4 is 10.6 Å². The topological polar surface area (TPSA) is 79.2 Å². The van der Waals surface area contributed by atoms with Crippen LogP contribution in [0.5, 0.6) is 0 Å². The summed E-state index contributed by atoms with van der Waals surface area (Å²) in [4.78, 5) is 15.8. The zero-order valence-corrected chi connectivity index (χ0v) is 13.5. The number of unbranched alkanes of at least 4 members (excludes halogenated alkanes) is 1. The number of carbonyl (C=O) groups excluding carboxylic acids is 1. The number of aliphatic hydroxyl groups is 1. The van der Waals surface area contributed by atoms with Crippen molar-refractivity contribution in [3.05, 3.63) is 18.2 Å². The maximum absolute atomic E-state index is 11.6. The van der Waals surface area contributed by atoms with Gasteiger partial charge in [0.25, 0.3) is 0 Å².